The molecule has 0 fully saturated rings. The van der Waals surface area contributed by atoms with Crippen LogP contribution in [0.15, 0.2) is 36.5 Å². The van der Waals surface area contributed by atoms with Crippen molar-refractivity contribution in [2.75, 3.05) is 6.61 Å². The van der Waals surface area contributed by atoms with Crippen molar-refractivity contribution in [1.82, 2.24) is 9.55 Å². The van der Waals surface area contributed by atoms with Gasteiger partial charge in [-0.2, -0.15) is 0 Å². The first kappa shape index (κ1) is 8.68. The monoisotopic (exact) mass is 200 g/mol. The van der Waals surface area contributed by atoms with E-state index < -0.39 is 0 Å². The Morgan fingerprint density at radius 1 is 1.20 bits per heavy atom. The van der Waals surface area contributed by atoms with E-state index in [-0.39, 0.29) is 0 Å². The van der Waals surface area contributed by atoms with Crippen LogP contribution in [0.4, 0.5) is 0 Å². The first-order chi connectivity index (χ1) is 7.45. The molecule has 0 saturated carbocycles. The lowest BCUT2D eigenvalue weighted by molar-refractivity contribution is 0.0821. The van der Waals surface area contributed by atoms with Gasteiger partial charge < -0.3 is 9.30 Å². The third-order valence-corrected chi connectivity index (χ3v) is 2.70. The molecule has 0 atom stereocenters. The van der Waals surface area contributed by atoms with E-state index in [1.165, 1.54) is 11.3 Å². The predicted octanol–water partition coefficient (Wildman–Crippen LogP) is 2.08. The quantitative estimate of drug-likeness (QED) is 0.704. The number of ether oxygens (including phenoxy) is 1. The van der Waals surface area contributed by atoms with Crippen molar-refractivity contribution in [2.45, 2.75) is 13.2 Å². The van der Waals surface area contributed by atoms with E-state index in [4.69, 9.17) is 4.74 Å². The second-order valence-electron chi connectivity index (χ2n) is 3.63. The van der Waals surface area contributed by atoms with Crippen molar-refractivity contribution in [1.29, 1.82) is 0 Å². The molecule has 3 nitrogen and oxygen atoms in total. The first-order valence-corrected chi connectivity index (χ1v) is 5.13. The van der Waals surface area contributed by atoms with Crippen LogP contribution in [0.5, 0.6) is 0 Å². The lowest BCUT2D eigenvalue weighted by Gasteiger charge is -2.16. The average Bonchev–Trinajstić information content (AvgIpc) is 2.74. The van der Waals surface area contributed by atoms with E-state index >= 15 is 0 Å². The molecule has 1 aromatic carbocycles. The highest BCUT2D eigenvalue weighted by Crippen LogP contribution is 2.22. The molecule has 2 heterocycles. The zero-order valence-corrected chi connectivity index (χ0v) is 8.39. The molecule has 2 aromatic rings. The van der Waals surface area contributed by atoms with Gasteiger partial charge in [-0.3, -0.25) is 0 Å². The summed E-state index contributed by atoms with van der Waals surface area (Å²) in [7, 11) is 0. The van der Waals surface area contributed by atoms with Crippen LogP contribution in [0.1, 0.15) is 5.82 Å². The molecule has 0 N–H and O–H groups in total. The number of hydrogen-bond donors (Lipinski definition) is 0. The number of imidazole rings is 1. The van der Waals surface area contributed by atoms with Gasteiger partial charge in [0, 0.05) is 6.54 Å². The summed E-state index contributed by atoms with van der Waals surface area (Å²) in [6.45, 7) is 2.32. The zero-order chi connectivity index (χ0) is 10.1. The molecular formula is C12H12N2O. The Kier molecular flexibility index (Phi) is 2.03. The summed E-state index contributed by atoms with van der Waals surface area (Å²) < 4.78 is 7.60. The Balaban J connectivity index is 2.09. The normalized spacial score (nSPS) is 14.9. The second-order valence-corrected chi connectivity index (χ2v) is 3.63. The van der Waals surface area contributed by atoms with Crippen LogP contribution < -0.4 is 0 Å². The number of benzene rings is 1. The summed E-state index contributed by atoms with van der Waals surface area (Å²) in [5.41, 5.74) is 2.41. The van der Waals surface area contributed by atoms with Crippen LogP contribution in [0, 0.1) is 0 Å². The van der Waals surface area contributed by atoms with Gasteiger partial charge in [0.15, 0.2) is 0 Å². The minimum absolute atomic E-state index is 0.632. The minimum Gasteiger partial charge on any atom is -0.372 e. The highest BCUT2D eigenvalue weighted by atomic mass is 16.5. The third kappa shape index (κ3) is 1.45. The molecule has 0 saturated heterocycles. The Hall–Kier alpha value is -1.61. The fourth-order valence-electron chi connectivity index (χ4n) is 1.94. The SMILES string of the molecule is c1ccc(-c2cnc3n2CCOC3)cc1. The summed E-state index contributed by atoms with van der Waals surface area (Å²) in [4.78, 5) is 4.37. The molecule has 1 aliphatic heterocycles. The van der Waals surface area contributed by atoms with Crippen molar-refractivity contribution in [3.05, 3.63) is 42.4 Å². The van der Waals surface area contributed by atoms with Crippen LogP contribution >= 0.6 is 0 Å². The van der Waals surface area contributed by atoms with Gasteiger partial charge in [-0.25, -0.2) is 4.98 Å². The first-order valence-electron chi connectivity index (χ1n) is 5.13. The fourth-order valence-corrected chi connectivity index (χ4v) is 1.94. The molecule has 0 radical (unpaired) electrons. The Morgan fingerprint density at radius 3 is 2.93 bits per heavy atom. The van der Waals surface area contributed by atoms with E-state index in [1.807, 2.05) is 12.3 Å². The van der Waals surface area contributed by atoms with Crippen LogP contribution in [-0.2, 0) is 17.9 Å². The van der Waals surface area contributed by atoms with Gasteiger partial charge in [0.1, 0.15) is 12.4 Å². The number of aromatic nitrogens is 2. The molecule has 76 valence electrons. The number of hydrogen-bond acceptors (Lipinski definition) is 2. The Morgan fingerprint density at radius 2 is 2.07 bits per heavy atom. The molecule has 1 aromatic heterocycles. The molecular weight excluding hydrogens is 188 g/mol. The third-order valence-electron chi connectivity index (χ3n) is 2.70. The number of rotatable bonds is 1. The van der Waals surface area contributed by atoms with Gasteiger partial charge in [-0.15, -0.1) is 0 Å². The van der Waals surface area contributed by atoms with Crippen LogP contribution in [0.2, 0.25) is 0 Å². The van der Waals surface area contributed by atoms with Gasteiger partial charge in [-0.1, -0.05) is 30.3 Å². The molecule has 0 amide bonds. The van der Waals surface area contributed by atoms with Crippen LogP contribution in [0.3, 0.4) is 0 Å². The molecule has 3 heteroatoms. The fraction of sp³-hybridized carbons (Fsp3) is 0.250. The van der Waals surface area contributed by atoms with Gasteiger partial charge in [0.25, 0.3) is 0 Å². The smallest absolute Gasteiger partial charge is 0.135 e. The van der Waals surface area contributed by atoms with Gasteiger partial charge >= 0.3 is 0 Å². The summed E-state index contributed by atoms with van der Waals surface area (Å²) in [5, 5.41) is 0. The largest absolute Gasteiger partial charge is 0.372 e. The molecule has 15 heavy (non-hydrogen) atoms. The molecule has 0 bridgehead atoms. The van der Waals surface area contributed by atoms with Crippen molar-refractivity contribution in [3.8, 4) is 11.3 Å². The molecule has 0 unspecified atom stereocenters. The molecule has 3 rings (SSSR count). The van der Waals surface area contributed by atoms with E-state index in [9.17, 15) is 0 Å². The van der Waals surface area contributed by atoms with Crippen molar-refractivity contribution in [3.63, 3.8) is 0 Å². The van der Waals surface area contributed by atoms with Gasteiger partial charge in [0.05, 0.1) is 18.5 Å². The Bertz CT molecular complexity index is 462. The summed E-state index contributed by atoms with van der Waals surface area (Å²) >= 11 is 0. The highest BCUT2D eigenvalue weighted by molar-refractivity contribution is 5.59. The second kappa shape index (κ2) is 3.51. The molecule has 0 aliphatic carbocycles. The van der Waals surface area contributed by atoms with Gasteiger partial charge in [0.2, 0.25) is 0 Å². The summed E-state index contributed by atoms with van der Waals surface area (Å²) in [6.07, 6.45) is 1.93. The van der Waals surface area contributed by atoms with Crippen molar-refractivity contribution in [2.24, 2.45) is 0 Å². The lowest BCUT2D eigenvalue weighted by atomic mass is 10.2. The summed E-state index contributed by atoms with van der Waals surface area (Å²) in [6, 6.07) is 10.4. The summed E-state index contributed by atoms with van der Waals surface area (Å²) in [5.74, 6) is 1.03. The van der Waals surface area contributed by atoms with E-state index in [1.54, 1.807) is 0 Å². The number of nitrogens with zero attached hydrogens (tertiary/aromatic N) is 2. The predicted molar refractivity (Wildman–Crippen MR) is 57.3 cm³/mol. The van der Waals surface area contributed by atoms with Crippen molar-refractivity contribution >= 4 is 0 Å². The molecule has 0 spiro atoms. The maximum absolute atomic E-state index is 5.36. The topological polar surface area (TPSA) is 27.1 Å². The standard InChI is InChI=1S/C12H12N2O/c1-2-4-10(5-3-1)11-8-13-12-9-15-7-6-14(11)12/h1-5,8H,6-7,9H2. The maximum atomic E-state index is 5.36. The van der Waals surface area contributed by atoms with Crippen molar-refractivity contribution < 1.29 is 4.74 Å². The van der Waals surface area contributed by atoms with E-state index in [0.717, 1.165) is 19.0 Å². The van der Waals surface area contributed by atoms with Crippen LogP contribution in [0.25, 0.3) is 11.3 Å². The van der Waals surface area contributed by atoms with E-state index in [0.29, 0.717) is 6.61 Å². The maximum Gasteiger partial charge on any atom is 0.135 e. The number of fused-ring (bicyclic) bond motifs is 1. The average molecular weight is 200 g/mol. The Labute approximate surface area is 88.3 Å². The lowest BCUT2D eigenvalue weighted by Crippen LogP contribution is -2.17. The zero-order valence-electron chi connectivity index (χ0n) is 8.39. The minimum atomic E-state index is 0.632. The van der Waals surface area contributed by atoms with E-state index in [2.05, 4.69) is 33.8 Å². The highest BCUT2D eigenvalue weighted by Gasteiger charge is 2.14. The molecule has 1 aliphatic rings. The van der Waals surface area contributed by atoms with Crippen LogP contribution in [-0.4, -0.2) is 16.2 Å². The van der Waals surface area contributed by atoms with Gasteiger partial charge in [-0.05, 0) is 5.56 Å².